The van der Waals surface area contributed by atoms with Gasteiger partial charge in [-0.25, -0.2) is 13.4 Å². The molecule has 9 nitrogen and oxygen atoms in total. The second-order valence-corrected chi connectivity index (χ2v) is 5.23. The summed E-state index contributed by atoms with van der Waals surface area (Å²) >= 11 is 0. The molecule has 2 radical (unpaired) electrons. The first-order chi connectivity index (χ1) is 5.12. The maximum Gasteiger partial charge on any atom is 0.488 e. The van der Waals surface area contributed by atoms with Crippen LogP contribution in [0.4, 0.5) is 0 Å². The van der Waals surface area contributed by atoms with Crippen molar-refractivity contribution in [3.05, 3.63) is 0 Å². The van der Waals surface area contributed by atoms with Crippen LogP contribution in [-0.4, -0.2) is 36.9 Å². The van der Waals surface area contributed by atoms with E-state index in [-0.39, 0.29) is 17.4 Å². The van der Waals surface area contributed by atoms with Gasteiger partial charge in [0.05, 0.1) is 17.4 Å². The van der Waals surface area contributed by atoms with Gasteiger partial charge in [0.25, 0.3) is 0 Å². The molecule has 0 heterocycles. The standard InChI is InChI=1S/Al.H5O9P3.H/c;1-10(2)8-12(6,7)9-11(3,4)5;/h;10H,(H,1,2)(H,6,7)(H2,3,4,5);. The molecule has 13 heteroatoms. The Morgan fingerprint density at radius 3 is 1.77 bits per heavy atom. The molecule has 0 saturated heterocycles. The van der Waals surface area contributed by atoms with Crippen molar-refractivity contribution in [3.8, 4) is 0 Å². The van der Waals surface area contributed by atoms with E-state index in [1.165, 1.54) is 0 Å². The number of hydrogen-bond acceptors (Lipinski definition) is 5. The van der Waals surface area contributed by atoms with Gasteiger partial charge in [0.15, 0.2) is 0 Å². The van der Waals surface area contributed by atoms with Crippen molar-refractivity contribution in [2.75, 3.05) is 0 Å². The van der Waals surface area contributed by atoms with Crippen molar-refractivity contribution in [1.29, 1.82) is 0 Å². The molecule has 4 N–H and O–H groups in total. The molecular weight excluding hydrogens is 264 g/mol. The minimum atomic E-state index is -5.22. The molecule has 0 rings (SSSR count). The topological polar surface area (TPSA) is 151 Å². The number of hydrogen-bond donors (Lipinski definition) is 4. The van der Waals surface area contributed by atoms with E-state index in [1.54, 1.807) is 0 Å². The number of rotatable bonds is 4. The van der Waals surface area contributed by atoms with Gasteiger partial charge in [-0.05, 0) is 0 Å². The van der Waals surface area contributed by atoms with Gasteiger partial charge in [-0.15, -0.1) is 0 Å². The van der Waals surface area contributed by atoms with Gasteiger partial charge in [0.1, 0.15) is 0 Å². The maximum absolute atomic E-state index is 10.3. The van der Waals surface area contributed by atoms with Crippen LogP contribution in [0.5, 0.6) is 0 Å². The molecule has 0 aliphatic rings. The summed E-state index contributed by atoms with van der Waals surface area (Å²) in [5.74, 6) is 0. The zero-order chi connectivity index (χ0) is 9.99. The van der Waals surface area contributed by atoms with Gasteiger partial charge in [-0.3, -0.25) is 4.57 Å². The number of phosphoric acid groups is 2. The van der Waals surface area contributed by atoms with E-state index in [0.717, 1.165) is 0 Å². The van der Waals surface area contributed by atoms with Gasteiger partial charge >= 0.3 is 23.9 Å². The fraction of sp³-hybridized carbons (Fsp3) is 0. The largest absolute Gasteiger partial charge is 0.488 e. The minimum Gasteiger partial charge on any atom is -0.326 e. The Morgan fingerprint density at radius 1 is 1.15 bits per heavy atom. The van der Waals surface area contributed by atoms with E-state index < -0.39 is 23.9 Å². The van der Waals surface area contributed by atoms with Crippen molar-refractivity contribution in [2.45, 2.75) is 0 Å². The third kappa shape index (κ3) is 10.9. The molecule has 0 aromatic carbocycles. The average molecular weight is 270 g/mol. The Hall–Kier alpha value is 0.982. The van der Waals surface area contributed by atoms with Crippen LogP contribution in [-0.2, 0) is 22.3 Å². The van der Waals surface area contributed by atoms with Crippen LogP contribution >= 0.6 is 23.9 Å². The first kappa shape index (κ1) is 16.4. The Balaban J connectivity index is 0. The highest BCUT2D eigenvalue weighted by Crippen LogP contribution is 2.60. The second-order valence-electron chi connectivity index (χ2n) is 1.40. The van der Waals surface area contributed by atoms with E-state index in [4.69, 9.17) is 19.6 Å². The van der Waals surface area contributed by atoms with Crippen LogP contribution < -0.4 is 0 Å². The highest BCUT2D eigenvalue weighted by atomic mass is 31.3. The summed E-state index contributed by atoms with van der Waals surface area (Å²) in [5, 5.41) is 0. The Bertz CT molecular complexity index is 262. The van der Waals surface area contributed by atoms with Gasteiger partial charge in [0.2, 0.25) is 0 Å². The van der Waals surface area contributed by atoms with Crippen molar-refractivity contribution in [3.63, 3.8) is 0 Å². The van der Waals surface area contributed by atoms with E-state index in [9.17, 15) is 13.7 Å². The minimum absolute atomic E-state index is 0. The van der Waals surface area contributed by atoms with Crippen molar-refractivity contribution in [2.24, 2.45) is 0 Å². The zero-order valence-electron chi connectivity index (χ0n) is 5.93. The molecule has 0 saturated carbocycles. The van der Waals surface area contributed by atoms with E-state index in [2.05, 4.69) is 8.62 Å². The molecular formula is H6AlO9P3. The first-order valence-electron chi connectivity index (χ1n) is 2.14. The van der Waals surface area contributed by atoms with Gasteiger partial charge in [0, 0.05) is 0 Å². The summed E-state index contributed by atoms with van der Waals surface area (Å²) in [5.41, 5.74) is 0. The predicted molar refractivity (Wildman–Crippen MR) is 42.4 cm³/mol. The fourth-order valence-corrected chi connectivity index (χ4v) is 2.55. The Morgan fingerprint density at radius 2 is 1.54 bits per heavy atom. The van der Waals surface area contributed by atoms with E-state index in [1.807, 2.05) is 0 Å². The molecule has 78 valence electrons. The normalized spacial score (nSPS) is 18.5. The Kier molecular flexibility index (Phi) is 7.28. The molecule has 0 aromatic heterocycles. The van der Waals surface area contributed by atoms with Crippen molar-refractivity contribution < 1.29 is 41.9 Å². The van der Waals surface area contributed by atoms with Crippen LogP contribution in [0.3, 0.4) is 0 Å². The van der Waals surface area contributed by atoms with Crippen molar-refractivity contribution in [1.82, 2.24) is 0 Å². The predicted octanol–water partition coefficient (Wildman–Crippen LogP) is -1.05. The lowest BCUT2D eigenvalue weighted by atomic mass is 15.7. The monoisotopic (exact) mass is 270 g/mol. The summed E-state index contributed by atoms with van der Waals surface area (Å²) in [6.07, 6.45) is 0. The third-order valence-electron chi connectivity index (χ3n) is 0.403. The van der Waals surface area contributed by atoms with E-state index >= 15 is 0 Å². The molecule has 13 heavy (non-hydrogen) atoms. The summed E-state index contributed by atoms with van der Waals surface area (Å²) in [4.78, 5) is 32.2. The lowest BCUT2D eigenvalue weighted by Crippen LogP contribution is -1.87. The first-order valence-corrected chi connectivity index (χ1v) is 6.43. The van der Waals surface area contributed by atoms with Gasteiger partial charge < -0.3 is 19.6 Å². The van der Waals surface area contributed by atoms with Crippen LogP contribution in [0.2, 0.25) is 0 Å². The molecule has 2 unspecified atom stereocenters. The zero-order valence-corrected chi connectivity index (χ0v) is 10.1. The summed E-state index contributed by atoms with van der Waals surface area (Å²) in [7, 11) is -14.2. The maximum atomic E-state index is 10.3. The molecule has 0 fully saturated rings. The molecule has 0 spiro atoms. The summed E-state index contributed by atoms with van der Waals surface area (Å²) in [6.45, 7) is 0. The molecule has 0 aromatic rings. The van der Waals surface area contributed by atoms with Crippen LogP contribution in [0.25, 0.3) is 0 Å². The van der Waals surface area contributed by atoms with Crippen LogP contribution in [0.1, 0.15) is 0 Å². The molecule has 2 atom stereocenters. The van der Waals surface area contributed by atoms with Gasteiger partial charge in [-0.2, -0.15) is 4.31 Å². The van der Waals surface area contributed by atoms with Crippen LogP contribution in [0, 0.1) is 0 Å². The highest BCUT2D eigenvalue weighted by Gasteiger charge is 2.33. The Labute approximate surface area is 83.6 Å². The lowest BCUT2D eigenvalue weighted by Gasteiger charge is -2.09. The smallest absolute Gasteiger partial charge is 0.326 e. The summed E-state index contributed by atoms with van der Waals surface area (Å²) < 4.78 is 36.5. The molecule has 0 bridgehead atoms. The lowest BCUT2D eigenvalue weighted by molar-refractivity contribution is 0.227. The molecule has 0 aliphatic heterocycles. The summed E-state index contributed by atoms with van der Waals surface area (Å²) in [6, 6.07) is 0. The quantitative estimate of drug-likeness (QED) is 0.370. The van der Waals surface area contributed by atoms with Gasteiger partial charge in [-0.1, -0.05) is 0 Å². The highest BCUT2D eigenvalue weighted by molar-refractivity contribution is 7.64. The second kappa shape index (κ2) is 5.76. The van der Waals surface area contributed by atoms with Crippen LogP contribution in [0.15, 0.2) is 0 Å². The van der Waals surface area contributed by atoms with E-state index in [0.29, 0.717) is 0 Å². The molecule has 0 aliphatic carbocycles. The molecule has 0 amide bonds. The average Bonchev–Trinajstić information content (AvgIpc) is 1.48. The SMILES string of the molecule is O=[PH](O)OP(=O)(O)OP(=O)(O)O.[AlH]. The third-order valence-corrected chi connectivity index (χ3v) is 3.63. The van der Waals surface area contributed by atoms with Crippen molar-refractivity contribution >= 4 is 41.3 Å². The fourth-order valence-electron chi connectivity index (χ4n) is 0.250.